The summed E-state index contributed by atoms with van der Waals surface area (Å²) in [7, 11) is 0. The Morgan fingerprint density at radius 2 is 1.89 bits per heavy atom. The highest BCUT2D eigenvalue weighted by molar-refractivity contribution is 5.74. The second-order valence-electron chi connectivity index (χ2n) is 9.73. The van der Waals surface area contributed by atoms with Gasteiger partial charge in [-0.3, -0.25) is 4.79 Å². The number of amides is 1. The monoisotopic (exact) mass is 498 g/mol. The molecule has 5 heterocycles. The molecule has 2 aromatic heterocycles. The van der Waals surface area contributed by atoms with Crippen LogP contribution in [0.4, 0.5) is 23.3 Å². The minimum Gasteiger partial charge on any atom is -0.371 e. The molecule has 192 valence electrons. The summed E-state index contributed by atoms with van der Waals surface area (Å²) in [6.45, 7) is 19.6. The Hall–Kier alpha value is -4.14. The van der Waals surface area contributed by atoms with Crippen LogP contribution in [0.3, 0.4) is 0 Å². The lowest BCUT2D eigenvalue weighted by Crippen LogP contribution is -2.48. The van der Waals surface area contributed by atoms with E-state index in [1.165, 1.54) is 0 Å². The van der Waals surface area contributed by atoms with Gasteiger partial charge in [0.15, 0.2) is 0 Å². The summed E-state index contributed by atoms with van der Waals surface area (Å²) in [5.74, 6) is 3.03. The van der Waals surface area contributed by atoms with E-state index in [0.717, 1.165) is 86.5 Å². The van der Waals surface area contributed by atoms with Gasteiger partial charge in [0, 0.05) is 75.9 Å². The summed E-state index contributed by atoms with van der Waals surface area (Å²) in [4.78, 5) is 34.0. The zero-order chi connectivity index (χ0) is 25.9. The largest absolute Gasteiger partial charge is 0.371 e. The maximum Gasteiger partial charge on any atom is 0.229 e. The molecule has 0 unspecified atom stereocenters. The van der Waals surface area contributed by atoms with E-state index in [0.29, 0.717) is 11.9 Å². The maximum atomic E-state index is 11.6. The van der Waals surface area contributed by atoms with Gasteiger partial charge in [0.2, 0.25) is 11.9 Å². The van der Waals surface area contributed by atoms with Crippen LogP contribution in [-0.2, 0) is 4.79 Å². The second kappa shape index (κ2) is 10.5. The minimum absolute atomic E-state index is 0.124. The third kappa shape index (κ3) is 5.35. The molecule has 5 rings (SSSR count). The molecular formula is C28H34N8O. The van der Waals surface area contributed by atoms with Crippen LogP contribution >= 0.6 is 0 Å². The van der Waals surface area contributed by atoms with Crippen LogP contribution in [0.25, 0.3) is 6.08 Å². The number of hydrogen-bond donors (Lipinski definition) is 1. The number of hydrogen-bond acceptors (Lipinski definition) is 8. The Balaban J connectivity index is 1.21. The Labute approximate surface area is 218 Å². The normalized spacial score (nSPS) is 17.4. The average molecular weight is 499 g/mol. The molecule has 9 nitrogen and oxygen atoms in total. The molecule has 3 aliphatic rings. The zero-order valence-corrected chi connectivity index (χ0v) is 21.4. The molecule has 9 heteroatoms. The van der Waals surface area contributed by atoms with Crippen LogP contribution in [0.2, 0.25) is 0 Å². The predicted molar refractivity (Wildman–Crippen MR) is 149 cm³/mol. The van der Waals surface area contributed by atoms with Crippen molar-refractivity contribution in [2.75, 3.05) is 60.9 Å². The van der Waals surface area contributed by atoms with Crippen molar-refractivity contribution >= 4 is 35.3 Å². The molecule has 2 saturated heterocycles. The van der Waals surface area contributed by atoms with Crippen molar-refractivity contribution in [3.05, 3.63) is 73.4 Å². The van der Waals surface area contributed by atoms with Gasteiger partial charge >= 0.3 is 0 Å². The van der Waals surface area contributed by atoms with Crippen molar-refractivity contribution in [3.63, 3.8) is 0 Å². The first-order valence-electron chi connectivity index (χ1n) is 12.7. The lowest BCUT2D eigenvalue weighted by Gasteiger charge is -2.42. The average Bonchev–Trinajstić information content (AvgIpc) is 2.89. The number of pyridine rings is 1. The number of anilines is 4. The van der Waals surface area contributed by atoms with E-state index in [4.69, 9.17) is 4.98 Å². The van der Waals surface area contributed by atoms with Crippen LogP contribution < -0.4 is 15.1 Å². The molecule has 0 aliphatic carbocycles. The van der Waals surface area contributed by atoms with E-state index in [1.807, 2.05) is 41.5 Å². The Morgan fingerprint density at radius 3 is 2.57 bits per heavy atom. The molecule has 0 radical (unpaired) electrons. The summed E-state index contributed by atoms with van der Waals surface area (Å²) in [6, 6.07) is 3.97. The molecule has 0 bridgehead atoms. The summed E-state index contributed by atoms with van der Waals surface area (Å²) >= 11 is 0. The Bertz CT molecular complexity index is 1220. The van der Waals surface area contributed by atoms with Crippen molar-refractivity contribution in [3.8, 4) is 0 Å². The van der Waals surface area contributed by atoms with Gasteiger partial charge in [-0.05, 0) is 42.7 Å². The first-order chi connectivity index (χ1) is 17.9. The van der Waals surface area contributed by atoms with Crippen molar-refractivity contribution in [1.82, 2.24) is 24.8 Å². The van der Waals surface area contributed by atoms with E-state index in [-0.39, 0.29) is 5.91 Å². The molecule has 0 saturated carbocycles. The third-order valence-corrected chi connectivity index (χ3v) is 7.27. The lowest BCUT2D eigenvalue weighted by molar-refractivity contribution is -0.129. The van der Waals surface area contributed by atoms with Gasteiger partial charge in [0.05, 0.1) is 11.9 Å². The first kappa shape index (κ1) is 24.5. The fraction of sp³-hybridized carbons (Fsp3) is 0.357. The molecular weight excluding hydrogens is 464 g/mol. The zero-order valence-electron chi connectivity index (χ0n) is 21.4. The smallest absolute Gasteiger partial charge is 0.229 e. The molecule has 1 N–H and O–H groups in total. The number of aromatic nitrogens is 3. The highest BCUT2D eigenvalue weighted by Gasteiger charge is 2.28. The van der Waals surface area contributed by atoms with Crippen molar-refractivity contribution < 1.29 is 4.79 Å². The summed E-state index contributed by atoms with van der Waals surface area (Å²) in [5.41, 5.74) is 3.72. The number of carbonyl (C=O) groups is 1. The number of carbonyl (C=O) groups excluding carboxylic acids is 1. The third-order valence-electron chi connectivity index (χ3n) is 7.27. The lowest BCUT2D eigenvalue weighted by atomic mass is 9.95. The summed E-state index contributed by atoms with van der Waals surface area (Å²) in [6.07, 6.45) is 10.5. The fourth-order valence-corrected chi connectivity index (χ4v) is 4.89. The predicted octanol–water partition coefficient (Wildman–Crippen LogP) is 3.65. The number of allylic oxidation sites excluding steroid dienone is 2. The van der Waals surface area contributed by atoms with Crippen molar-refractivity contribution in [2.24, 2.45) is 5.92 Å². The van der Waals surface area contributed by atoms with Gasteiger partial charge < -0.3 is 24.9 Å². The molecule has 0 spiro atoms. The van der Waals surface area contributed by atoms with E-state index >= 15 is 0 Å². The van der Waals surface area contributed by atoms with Gasteiger partial charge in [-0.2, -0.15) is 4.98 Å². The molecule has 37 heavy (non-hydrogen) atoms. The second-order valence-corrected chi connectivity index (χ2v) is 9.73. The minimum atomic E-state index is 0.124. The first-order valence-corrected chi connectivity index (χ1v) is 12.7. The molecule has 0 aromatic carbocycles. The summed E-state index contributed by atoms with van der Waals surface area (Å²) in [5, 5.41) is 3.29. The molecule has 0 atom stereocenters. The van der Waals surface area contributed by atoms with Crippen LogP contribution in [0.1, 0.15) is 18.9 Å². The topological polar surface area (TPSA) is 80.7 Å². The van der Waals surface area contributed by atoms with Gasteiger partial charge in [0.1, 0.15) is 11.6 Å². The highest BCUT2D eigenvalue weighted by Crippen LogP contribution is 2.31. The van der Waals surface area contributed by atoms with E-state index in [2.05, 4.69) is 49.7 Å². The van der Waals surface area contributed by atoms with Gasteiger partial charge in [0.25, 0.3) is 0 Å². The number of likely N-dealkylation sites (tertiary alicyclic amines) is 1. The van der Waals surface area contributed by atoms with Crippen molar-refractivity contribution in [1.29, 1.82) is 0 Å². The van der Waals surface area contributed by atoms with E-state index < -0.39 is 0 Å². The highest BCUT2D eigenvalue weighted by atomic mass is 16.2. The van der Waals surface area contributed by atoms with Gasteiger partial charge in [-0.1, -0.05) is 19.7 Å². The van der Waals surface area contributed by atoms with E-state index in [1.54, 1.807) is 13.1 Å². The Morgan fingerprint density at radius 1 is 1.11 bits per heavy atom. The quantitative estimate of drug-likeness (QED) is 0.553. The fourth-order valence-electron chi connectivity index (χ4n) is 4.89. The molecule has 1 amide bonds. The molecule has 2 aromatic rings. The van der Waals surface area contributed by atoms with Crippen LogP contribution in [-0.4, -0.2) is 76.5 Å². The number of nitrogens with zero attached hydrogens (tertiary/aromatic N) is 7. The number of piperazine rings is 1. The maximum absolute atomic E-state index is 11.6. The van der Waals surface area contributed by atoms with Crippen LogP contribution in [0.15, 0.2) is 67.8 Å². The molecule has 3 aliphatic heterocycles. The SMILES string of the molecule is C=CC(=C)N1CC(CCN2C(=C)C=Cc3cnc(Nc4ccc(N5CCN(C(C)=O)CC5)nc4)nc32)C1. The van der Waals surface area contributed by atoms with Gasteiger partial charge in [-0.25, -0.2) is 9.97 Å². The molecule has 2 fully saturated rings. The number of nitrogens with one attached hydrogen (secondary N) is 1. The Kier molecular flexibility index (Phi) is 6.94. The number of fused-ring (bicyclic) bond motifs is 1. The van der Waals surface area contributed by atoms with Gasteiger partial charge in [-0.15, -0.1) is 0 Å². The number of rotatable bonds is 8. The standard InChI is InChI=1S/C28H34N8O/c1-5-20(2)35-18-23(19-35)10-11-36-21(3)6-7-24-16-30-28(32-27(24)36)31-25-8-9-26(29-17-25)34-14-12-33(13-15-34)22(4)37/h5-9,16-17,23H,1-3,10-15,18-19H2,4H3,(H,30,31,32). The van der Waals surface area contributed by atoms with Crippen molar-refractivity contribution in [2.45, 2.75) is 13.3 Å². The van der Waals surface area contributed by atoms with Crippen LogP contribution in [0.5, 0.6) is 0 Å². The van der Waals surface area contributed by atoms with Crippen LogP contribution in [0, 0.1) is 5.92 Å². The van der Waals surface area contributed by atoms with E-state index in [9.17, 15) is 4.79 Å². The summed E-state index contributed by atoms with van der Waals surface area (Å²) < 4.78 is 0.